The molecule has 1 fully saturated rings. The van der Waals surface area contributed by atoms with E-state index in [9.17, 15) is 9.18 Å². The molecule has 5 rings (SSSR count). The van der Waals surface area contributed by atoms with Crippen molar-refractivity contribution in [2.75, 3.05) is 32.7 Å². The van der Waals surface area contributed by atoms with E-state index >= 15 is 0 Å². The molecular formula is C21H20Br2FN5OS. The van der Waals surface area contributed by atoms with Gasteiger partial charge in [-0.2, -0.15) is 5.10 Å². The number of amides is 1. The van der Waals surface area contributed by atoms with Crippen molar-refractivity contribution in [1.82, 2.24) is 25.3 Å². The molecule has 10 heteroatoms. The Morgan fingerprint density at radius 3 is 2.71 bits per heavy atom. The fourth-order valence-corrected chi connectivity index (χ4v) is 7.55. The number of aromatic amines is 1. The molecule has 1 aromatic carbocycles. The van der Waals surface area contributed by atoms with Gasteiger partial charge >= 0.3 is 0 Å². The summed E-state index contributed by atoms with van der Waals surface area (Å²) in [6, 6.07) is 6.69. The molecule has 1 aliphatic carbocycles. The van der Waals surface area contributed by atoms with Gasteiger partial charge in [0, 0.05) is 55.0 Å². The lowest BCUT2D eigenvalue weighted by Gasteiger charge is -2.34. The third-order valence-electron chi connectivity index (χ3n) is 5.86. The zero-order valence-corrected chi connectivity index (χ0v) is 20.5. The van der Waals surface area contributed by atoms with Crippen LogP contribution in [0.3, 0.4) is 0 Å². The Labute approximate surface area is 200 Å². The predicted octanol–water partition coefficient (Wildman–Crippen LogP) is 4.14. The molecule has 0 bridgehead atoms. The number of halogens is 3. The van der Waals surface area contributed by atoms with Gasteiger partial charge in [-0.15, -0.1) is 11.3 Å². The quantitative estimate of drug-likeness (QED) is 0.485. The van der Waals surface area contributed by atoms with Crippen LogP contribution in [0.25, 0.3) is 11.3 Å². The molecule has 3 heterocycles. The molecule has 3 aromatic rings. The number of aromatic nitrogens is 2. The zero-order valence-electron chi connectivity index (χ0n) is 16.5. The summed E-state index contributed by atoms with van der Waals surface area (Å²) in [5.74, 6) is -0.174. The maximum atomic E-state index is 13.9. The molecule has 1 unspecified atom stereocenters. The van der Waals surface area contributed by atoms with Crippen molar-refractivity contribution >= 4 is 49.1 Å². The molecule has 0 spiro atoms. The minimum absolute atomic E-state index is 0.0122. The number of H-pyrrole nitrogens is 1. The van der Waals surface area contributed by atoms with Crippen LogP contribution in [0.1, 0.15) is 22.7 Å². The smallest absolute Gasteiger partial charge is 0.234 e. The highest BCUT2D eigenvalue weighted by Crippen LogP contribution is 2.53. The van der Waals surface area contributed by atoms with Gasteiger partial charge in [-0.25, -0.2) is 4.39 Å². The van der Waals surface area contributed by atoms with Gasteiger partial charge in [0.25, 0.3) is 0 Å². The molecule has 2 aliphatic rings. The first kappa shape index (κ1) is 21.3. The second-order valence-electron chi connectivity index (χ2n) is 7.78. The van der Waals surface area contributed by atoms with Gasteiger partial charge in [0.15, 0.2) is 0 Å². The van der Waals surface area contributed by atoms with E-state index in [1.54, 1.807) is 23.6 Å². The fraction of sp³-hybridized carbons (Fsp3) is 0.333. The standard InChI is InChI=1S/C21H20Br2FN5OS/c22-20-16-17(21(23)31-20)19-13(9-25-27-19)18(16)26-15(30)11-29-7-5-28(6-8-29)10-12-3-1-2-4-14(12)24/h1-4,9,18H,5-8,10-11H2,(H,25,27)(H,26,30). The van der Waals surface area contributed by atoms with Crippen molar-refractivity contribution in [2.45, 2.75) is 12.6 Å². The number of piperazine rings is 1. The van der Waals surface area contributed by atoms with Crippen LogP contribution in [0.5, 0.6) is 0 Å². The van der Waals surface area contributed by atoms with Crippen LogP contribution in [0, 0.1) is 5.82 Å². The fourth-order valence-electron chi connectivity index (χ4n) is 4.28. The van der Waals surface area contributed by atoms with Gasteiger partial charge in [-0.05, 0) is 37.9 Å². The maximum Gasteiger partial charge on any atom is 0.234 e. The highest BCUT2D eigenvalue weighted by molar-refractivity contribution is 9.12. The monoisotopic (exact) mass is 567 g/mol. The summed E-state index contributed by atoms with van der Waals surface area (Å²) in [6.07, 6.45) is 1.78. The Bertz CT molecular complexity index is 1120. The Morgan fingerprint density at radius 2 is 1.94 bits per heavy atom. The van der Waals surface area contributed by atoms with Crippen LogP contribution >= 0.6 is 43.2 Å². The van der Waals surface area contributed by atoms with Gasteiger partial charge in [-0.1, -0.05) is 18.2 Å². The third-order valence-corrected chi connectivity index (χ3v) is 8.44. The Hall–Kier alpha value is -1.59. The number of nitrogens with zero attached hydrogens (tertiary/aromatic N) is 3. The normalized spacial score (nSPS) is 18.7. The first-order valence-electron chi connectivity index (χ1n) is 10.00. The average Bonchev–Trinajstić information content (AvgIpc) is 3.40. The summed E-state index contributed by atoms with van der Waals surface area (Å²) in [5.41, 5.74) is 4.80. The summed E-state index contributed by atoms with van der Waals surface area (Å²) < 4.78 is 15.9. The number of hydrogen-bond donors (Lipinski definition) is 2. The molecule has 1 amide bonds. The van der Waals surface area contributed by atoms with E-state index in [0.717, 1.165) is 56.1 Å². The SMILES string of the molecule is O=C(CN1CCN(Cc2ccccc2F)CC1)NC1c2cn[nH]c2-c2c(Br)sc(Br)c21. The van der Waals surface area contributed by atoms with E-state index in [4.69, 9.17) is 0 Å². The molecular weight excluding hydrogens is 549 g/mol. The number of nitrogens with one attached hydrogen (secondary N) is 2. The first-order chi connectivity index (χ1) is 15.0. The largest absolute Gasteiger partial charge is 0.344 e. The summed E-state index contributed by atoms with van der Waals surface area (Å²) in [4.78, 5) is 17.3. The summed E-state index contributed by atoms with van der Waals surface area (Å²) in [7, 11) is 0. The lowest BCUT2D eigenvalue weighted by atomic mass is 10.1. The molecule has 6 nitrogen and oxygen atoms in total. The van der Waals surface area contributed by atoms with E-state index in [2.05, 4.69) is 57.2 Å². The minimum Gasteiger partial charge on any atom is -0.344 e. The second-order valence-corrected chi connectivity index (χ2v) is 11.4. The van der Waals surface area contributed by atoms with Crippen molar-refractivity contribution in [3.8, 4) is 11.3 Å². The first-order valence-corrected chi connectivity index (χ1v) is 12.4. The van der Waals surface area contributed by atoms with Crippen LogP contribution < -0.4 is 5.32 Å². The summed E-state index contributed by atoms with van der Waals surface area (Å²) in [6.45, 7) is 4.12. The second kappa shape index (κ2) is 8.74. The van der Waals surface area contributed by atoms with Crippen LogP contribution in [0.2, 0.25) is 0 Å². The van der Waals surface area contributed by atoms with E-state index in [1.807, 2.05) is 12.1 Å². The number of hydrogen-bond acceptors (Lipinski definition) is 5. The molecule has 0 radical (unpaired) electrons. The molecule has 2 aromatic heterocycles. The van der Waals surface area contributed by atoms with Gasteiger partial charge < -0.3 is 5.32 Å². The van der Waals surface area contributed by atoms with Crippen LogP contribution in [0.15, 0.2) is 38.0 Å². The molecule has 1 aliphatic heterocycles. The highest BCUT2D eigenvalue weighted by atomic mass is 79.9. The molecule has 1 atom stereocenters. The van der Waals surface area contributed by atoms with Gasteiger partial charge in [0.2, 0.25) is 5.91 Å². The summed E-state index contributed by atoms with van der Waals surface area (Å²) >= 11 is 8.86. The van der Waals surface area contributed by atoms with Gasteiger partial charge in [-0.3, -0.25) is 19.7 Å². The number of rotatable bonds is 5. The van der Waals surface area contributed by atoms with E-state index in [0.29, 0.717) is 18.7 Å². The van der Waals surface area contributed by atoms with Crippen molar-refractivity contribution < 1.29 is 9.18 Å². The van der Waals surface area contributed by atoms with Crippen molar-refractivity contribution in [3.05, 3.63) is 60.5 Å². The van der Waals surface area contributed by atoms with Crippen molar-refractivity contribution in [2.24, 2.45) is 0 Å². The van der Waals surface area contributed by atoms with Gasteiger partial charge in [0.1, 0.15) is 5.82 Å². The Balaban J connectivity index is 1.19. The van der Waals surface area contributed by atoms with E-state index in [1.165, 1.54) is 6.07 Å². The molecule has 31 heavy (non-hydrogen) atoms. The number of fused-ring (bicyclic) bond motifs is 3. The number of thiophene rings is 1. The molecule has 2 N–H and O–H groups in total. The number of benzene rings is 1. The minimum atomic E-state index is -0.212. The Morgan fingerprint density at radius 1 is 1.19 bits per heavy atom. The van der Waals surface area contributed by atoms with Gasteiger partial charge in [0.05, 0.1) is 32.1 Å². The zero-order chi connectivity index (χ0) is 21.5. The number of carbonyl (C=O) groups excluding carboxylic acids is 1. The Kier molecular flexibility index (Phi) is 6.00. The lowest BCUT2D eigenvalue weighted by molar-refractivity contribution is -0.123. The molecule has 162 valence electrons. The summed E-state index contributed by atoms with van der Waals surface area (Å²) in [5, 5.41) is 10.4. The van der Waals surface area contributed by atoms with Crippen molar-refractivity contribution in [1.29, 1.82) is 0 Å². The topological polar surface area (TPSA) is 64.3 Å². The van der Waals surface area contributed by atoms with Crippen molar-refractivity contribution in [3.63, 3.8) is 0 Å². The third kappa shape index (κ3) is 4.11. The predicted molar refractivity (Wildman–Crippen MR) is 125 cm³/mol. The van der Waals surface area contributed by atoms with Crippen LogP contribution in [0.4, 0.5) is 4.39 Å². The maximum absolute atomic E-state index is 13.9. The van der Waals surface area contributed by atoms with E-state index < -0.39 is 0 Å². The average molecular weight is 569 g/mol. The molecule has 1 saturated heterocycles. The lowest BCUT2D eigenvalue weighted by Crippen LogP contribution is -2.49. The number of carbonyl (C=O) groups is 1. The molecule has 0 saturated carbocycles. The van der Waals surface area contributed by atoms with Crippen LogP contribution in [-0.4, -0.2) is 58.6 Å². The highest BCUT2D eigenvalue weighted by Gasteiger charge is 2.37. The van der Waals surface area contributed by atoms with E-state index in [-0.39, 0.29) is 17.8 Å². The van der Waals surface area contributed by atoms with Crippen LogP contribution in [-0.2, 0) is 11.3 Å².